The van der Waals surface area contributed by atoms with Gasteiger partial charge < -0.3 is 4.98 Å². The first-order valence-corrected chi connectivity index (χ1v) is 8.85. The molecule has 0 radical (unpaired) electrons. The van der Waals surface area contributed by atoms with Crippen molar-refractivity contribution in [3.8, 4) is 22.5 Å². The van der Waals surface area contributed by atoms with Crippen molar-refractivity contribution < 1.29 is 0 Å². The van der Waals surface area contributed by atoms with Crippen molar-refractivity contribution in [3.05, 3.63) is 90.5 Å². The minimum absolute atomic E-state index is 1.03. The van der Waals surface area contributed by atoms with Crippen LogP contribution in [0.4, 0.5) is 0 Å². The van der Waals surface area contributed by atoms with Gasteiger partial charge in [0.05, 0.1) is 16.9 Å². The van der Waals surface area contributed by atoms with Gasteiger partial charge >= 0.3 is 0 Å². The van der Waals surface area contributed by atoms with Gasteiger partial charge in [-0.25, -0.2) is 4.98 Å². The van der Waals surface area contributed by atoms with Crippen LogP contribution in [0.2, 0.25) is 0 Å². The lowest BCUT2D eigenvalue weighted by atomic mass is 9.99. The predicted molar refractivity (Wildman–Crippen MR) is 109 cm³/mol. The smallest absolute Gasteiger partial charge is 0.0809 e. The van der Waals surface area contributed by atoms with Crippen molar-refractivity contribution in [1.82, 2.24) is 9.97 Å². The highest BCUT2D eigenvalue weighted by molar-refractivity contribution is 6.15. The van der Waals surface area contributed by atoms with E-state index in [1.165, 1.54) is 21.9 Å². The second-order valence-electron chi connectivity index (χ2n) is 6.59. The fourth-order valence-corrected chi connectivity index (χ4v) is 3.72. The molecule has 0 aliphatic carbocycles. The molecule has 2 heteroatoms. The van der Waals surface area contributed by atoms with E-state index in [1.54, 1.807) is 0 Å². The molecule has 124 valence electrons. The largest absolute Gasteiger partial charge is 0.354 e. The number of pyridine rings is 1. The number of aromatic amines is 1. The van der Waals surface area contributed by atoms with E-state index in [9.17, 15) is 0 Å². The number of benzene rings is 3. The summed E-state index contributed by atoms with van der Waals surface area (Å²) in [6.45, 7) is 2.15. The van der Waals surface area contributed by atoms with E-state index in [0.717, 1.165) is 28.0 Å². The number of fused-ring (bicyclic) bond motifs is 3. The Labute approximate surface area is 152 Å². The van der Waals surface area contributed by atoms with E-state index in [0.29, 0.717) is 0 Å². The molecule has 0 amide bonds. The van der Waals surface area contributed by atoms with E-state index >= 15 is 0 Å². The molecule has 0 unspecified atom stereocenters. The fraction of sp³-hybridized carbons (Fsp3) is 0.0417. The Morgan fingerprint density at radius 3 is 1.92 bits per heavy atom. The SMILES string of the molecule is Cc1c(-c2ccccc2)nc(-c2ccccc2)c2c1[nH]c1ccccc12. The minimum Gasteiger partial charge on any atom is -0.354 e. The Hall–Kier alpha value is -3.39. The number of hydrogen-bond acceptors (Lipinski definition) is 1. The van der Waals surface area contributed by atoms with Gasteiger partial charge in [0.15, 0.2) is 0 Å². The lowest BCUT2D eigenvalue weighted by Crippen LogP contribution is -1.94. The third kappa shape index (κ3) is 2.23. The van der Waals surface area contributed by atoms with Crippen LogP contribution < -0.4 is 0 Å². The lowest BCUT2D eigenvalue weighted by molar-refractivity contribution is 1.30. The minimum atomic E-state index is 1.03. The summed E-state index contributed by atoms with van der Waals surface area (Å²) in [6.07, 6.45) is 0. The highest BCUT2D eigenvalue weighted by atomic mass is 14.8. The van der Waals surface area contributed by atoms with Gasteiger partial charge in [-0.2, -0.15) is 0 Å². The first-order valence-electron chi connectivity index (χ1n) is 8.85. The molecular formula is C24H18N2. The van der Waals surface area contributed by atoms with Crippen LogP contribution in [0.5, 0.6) is 0 Å². The van der Waals surface area contributed by atoms with E-state index in [1.807, 2.05) is 12.1 Å². The third-order valence-corrected chi connectivity index (χ3v) is 4.99. The van der Waals surface area contributed by atoms with Crippen LogP contribution in [0.25, 0.3) is 44.3 Å². The number of aryl methyl sites for hydroxylation is 1. The Bertz CT molecular complexity index is 1220. The molecule has 2 aromatic heterocycles. The molecule has 1 N–H and O–H groups in total. The maximum absolute atomic E-state index is 5.14. The molecule has 0 bridgehead atoms. The molecule has 0 aliphatic heterocycles. The van der Waals surface area contributed by atoms with Crippen LogP contribution in [-0.4, -0.2) is 9.97 Å². The van der Waals surface area contributed by atoms with Crippen molar-refractivity contribution in [2.75, 3.05) is 0 Å². The van der Waals surface area contributed by atoms with E-state index in [-0.39, 0.29) is 0 Å². The molecule has 2 nitrogen and oxygen atoms in total. The number of nitrogens with one attached hydrogen (secondary N) is 1. The van der Waals surface area contributed by atoms with Crippen LogP contribution in [0, 0.1) is 6.92 Å². The van der Waals surface area contributed by atoms with Gasteiger partial charge in [0.2, 0.25) is 0 Å². The highest BCUT2D eigenvalue weighted by Crippen LogP contribution is 2.38. The summed E-state index contributed by atoms with van der Waals surface area (Å²) in [6, 6.07) is 29.3. The normalized spacial score (nSPS) is 11.3. The van der Waals surface area contributed by atoms with Gasteiger partial charge in [-0.1, -0.05) is 78.9 Å². The quantitative estimate of drug-likeness (QED) is 0.400. The first-order chi connectivity index (χ1) is 12.8. The molecule has 0 aliphatic rings. The van der Waals surface area contributed by atoms with Crippen LogP contribution in [0.3, 0.4) is 0 Å². The summed E-state index contributed by atoms with van der Waals surface area (Å²) in [5, 5.41) is 2.42. The molecule has 0 saturated heterocycles. The summed E-state index contributed by atoms with van der Waals surface area (Å²) in [5.41, 5.74) is 7.84. The molecule has 5 aromatic rings. The third-order valence-electron chi connectivity index (χ3n) is 4.99. The second kappa shape index (κ2) is 5.85. The van der Waals surface area contributed by atoms with Crippen LogP contribution >= 0.6 is 0 Å². The van der Waals surface area contributed by atoms with Crippen molar-refractivity contribution in [1.29, 1.82) is 0 Å². The molecule has 0 saturated carbocycles. The molecule has 5 rings (SSSR count). The topological polar surface area (TPSA) is 28.7 Å². The average Bonchev–Trinajstić information content (AvgIpc) is 3.10. The molecule has 0 fully saturated rings. The van der Waals surface area contributed by atoms with Gasteiger partial charge in [-0.15, -0.1) is 0 Å². The number of para-hydroxylation sites is 1. The molecule has 2 heterocycles. The Morgan fingerprint density at radius 1 is 0.654 bits per heavy atom. The molecule has 3 aromatic carbocycles. The monoisotopic (exact) mass is 334 g/mol. The van der Waals surface area contributed by atoms with Crippen molar-refractivity contribution in [2.45, 2.75) is 6.92 Å². The van der Waals surface area contributed by atoms with Crippen LogP contribution in [-0.2, 0) is 0 Å². The maximum atomic E-state index is 5.14. The van der Waals surface area contributed by atoms with E-state index in [4.69, 9.17) is 4.98 Å². The number of hydrogen-bond donors (Lipinski definition) is 1. The van der Waals surface area contributed by atoms with Crippen molar-refractivity contribution >= 4 is 21.8 Å². The summed E-state index contributed by atoms with van der Waals surface area (Å²) in [5.74, 6) is 0. The number of rotatable bonds is 2. The zero-order valence-electron chi connectivity index (χ0n) is 14.5. The molecule has 26 heavy (non-hydrogen) atoms. The predicted octanol–water partition coefficient (Wildman–Crippen LogP) is 6.36. The van der Waals surface area contributed by atoms with Crippen molar-refractivity contribution in [2.24, 2.45) is 0 Å². The highest BCUT2D eigenvalue weighted by Gasteiger charge is 2.17. The van der Waals surface area contributed by atoms with Gasteiger partial charge in [0.25, 0.3) is 0 Å². The van der Waals surface area contributed by atoms with Gasteiger partial charge in [-0.3, -0.25) is 0 Å². The van der Waals surface area contributed by atoms with Crippen LogP contribution in [0.15, 0.2) is 84.9 Å². The van der Waals surface area contributed by atoms with Gasteiger partial charge in [-0.05, 0) is 18.6 Å². The summed E-state index contributed by atoms with van der Waals surface area (Å²) >= 11 is 0. The van der Waals surface area contributed by atoms with Crippen LogP contribution in [0.1, 0.15) is 5.56 Å². The summed E-state index contributed by atoms with van der Waals surface area (Å²) in [7, 11) is 0. The number of H-pyrrole nitrogens is 1. The van der Waals surface area contributed by atoms with Gasteiger partial charge in [0, 0.05) is 27.4 Å². The summed E-state index contributed by atoms with van der Waals surface area (Å²) in [4.78, 5) is 8.77. The maximum Gasteiger partial charge on any atom is 0.0809 e. The fourth-order valence-electron chi connectivity index (χ4n) is 3.72. The number of nitrogens with zero attached hydrogens (tertiary/aromatic N) is 1. The van der Waals surface area contributed by atoms with E-state index in [2.05, 4.69) is 84.7 Å². The first kappa shape index (κ1) is 14.9. The zero-order valence-corrected chi connectivity index (χ0v) is 14.5. The molecule has 0 spiro atoms. The Morgan fingerprint density at radius 2 is 1.23 bits per heavy atom. The zero-order chi connectivity index (χ0) is 17.5. The Balaban J connectivity index is 1.95. The standard InChI is InChI=1S/C24H18N2/c1-16-22(17-10-4-2-5-11-17)26-24(18-12-6-3-7-13-18)21-19-14-8-9-15-20(19)25-23(16)21/h2-15,25H,1H3. The number of aromatic nitrogens is 2. The van der Waals surface area contributed by atoms with Crippen molar-refractivity contribution in [3.63, 3.8) is 0 Å². The summed E-state index contributed by atoms with van der Waals surface area (Å²) < 4.78 is 0. The van der Waals surface area contributed by atoms with Gasteiger partial charge in [0.1, 0.15) is 0 Å². The Kier molecular flexibility index (Phi) is 3.36. The molecule has 0 atom stereocenters. The average molecular weight is 334 g/mol. The molecular weight excluding hydrogens is 316 g/mol. The lowest BCUT2D eigenvalue weighted by Gasteiger charge is -2.12. The van der Waals surface area contributed by atoms with E-state index < -0.39 is 0 Å². The second-order valence-corrected chi connectivity index (χ2v) is 6.59.